The van der Waals surface area contributed by atoms with Crippen LogP contribution in [0.25, 0.3) is 34.0 Å². The quantitative estimate of drug-likeness (QED) is 0.304. The third kappa shape index (κ3) is 5.99. The first-order valence-corrected chi connectivity index (χ1v) is 12.2. The van der Waals surface area contributed by atoms with Gasteiger partial charge in [-0.15, -0.1) is 10.2 Å². The smallest absolute Gasteiger partial charge is 0.416 e. The van der Waals surface area contributed by atoms with Gasteiger partial charge in [-0.05, 0) is 61.9 Å². The Morgan fingerprint density at radius 1 is 0.868 bits per heavy atom. The Labute approximate surface area is 216 Å². The van der Waals surface area contributed by atoms with Crippen molar-refractivity contribution in [2.24, 2.45) is 5.92 Å². The van der Waals surface area contributed by atoms with E-state index in [1.54, 1.807) is 18.5 Å². The maximum atomic E-state index is 12.8. The number of carboxylic acid groups (broad SMARTS) is 1. The second-order valence-electron chi connectivity index (χ2n) is 9.27. The third-order valence-electron chi connectivity index (χ3n) is 6.59. The van der Waals surface area contributed by atoms with Crippen LogP contribution in [0.15, 0.2) is 60.9 Å². The van der Waals surface area contributed by atoms with Gasteiger partial charge in [0, 0.05) is 41.6 Å². The van der Waals surface area contributed by atoms with Gasteiger partial charge < -0.3 is 14.8 Å². The molecule has 0 radical (unpaired) electrons. The van der Waals surface area contributed by atoms with Gasteiger partial charge in [-0.3, -0.25) is 9.78 Å². The molecule has 3 heterocycles. The normalized spacial score (nSPS) is 17.8. The van der Waals surface area contributed by atoms with Gasteiger partial charge in [-0.25, -0.2) is 4.98 Å². The molecule has 0 aliphatic heterocycles. The summed E-state index contributed by atoms with van der Waals surface area (Å²) in [4.78, 5) is 22.8. The molecule has 5 rings (SSSR count). The molecule has 0 atom stereocenters. The lowest BCUT2D eigenvalue weighted by atomic mass is 9.85. The summed E-state index contributed by atoms with van der Waals surface area (Å²) >= 11 is 0. The molecule has 0 unspecified atom stereocenters. The van der Waals surface area contributed by atoms with Crippen LogP contribution in [0.2, 0.25) is 0 Å². The van der Waals surface area contributed by atoms with Gasteiger partial charge in [-0.1, -0.05) is 12.1 Å². The Kier molecular flexibility index (Phi) is 7.08. The van der Waals surface area contributed by atoms with Crippen LogP contribution in [0.3, 0.4) is 0 Å². The van der Waals surface area contributed by atoms with E-state index in [9.17, 15) is 18.0 Å². The average molecular weight is 524 g/mol. The highest BCUT2D eigenvalue weighted by atomic mass is 19.4. The average Bonchev–Trinajstić information content (AvgIpc) is 3.40. The van der Waals surface area contributed by atoms with Crippen molar-refractivity contribution in [3.63, 3.8) is 0 Å². The number of carboxylic acids is 1. The van der Waals surface area contributed by atoms with Crippen molar-refractivity contribution in [1.29, 1.82) is 0 Å². The van der Waals surface area contributed by atoms with Crippen LogP contribution in [0.1, 0.15) is 37.7 Å². The maximum absolute atomic E-state index is 12.8. The molecule has 1 fully saturated rings. The molecule has 11 heteroatoms. The zero-order chi connectivity index (χ0) is 26.7. The number of H-pyrrole nitrogens is 1. The number of hydrogen-bond acceptors (Lipinski definition) is 6. The molecule has 8 nitrogen and oxygen atoms in total. The van der Waals surface area contributed by atoms with Crippen molar-refractivity contribution in [3.05, 3.63) is 66.5 Å². The SMILES string of the molecule is O=C(O)C[C@H]1CC[C@@H](Oc2ccc(-c3ccc(-c4nnc(-c5ccc(C(F)(F)F)cc5)[nH]4)cn3)cn2)CC1. The van der Waals surface area contributed by atoms with Crippen LogP contribution < -0.4 is 4.74 Å². The minimum Gasteiger partial charge on any atom is -0.481 e. The molecule has 0 bridgehead atoms. The summed E-state index contributed by atoms with van der Waals surface area (Å²) in [6.45, 7) is 0. The second-order valence-corrected chi connectivity index (χ2v) is 9.27. The Bertz CT molecular complexity index is 1380. The number of aliphatic carboxylic acids is 1. The number of benzene rings is 1. The molecule has 4 aromatic rings. The zero-order valence-corrected chi connectivity index (χ0v) is 20.2. The maximum Gasteiger partial charge on any atom is 0.416 e. The number of nitrogens with zero attached hydrogens (tertiary/aromatic N) is 4. The first-order chi connectivity index (χ1) is 18.2. The summed E-state index contributed by atoms with van der Waals surface area (Å²) in [6.07, 6.45) is 2.46. The fraction of sp³-hybridized carbons (Fsp3) is 0.296. The summed E-state index contributed by atoms with van der Waals surface area (Å²) in [5, 5.41) is 17.1. The van der Waals surface area contributed by atoms with Gasteiger partial charge in [0.15, 0.2) is 11.6 Å². The fourth-order valence-electron chi connectivity index (χ4n) is 4.52. The number of hydrogen-bond donors (Lipinski definition) is 2. The van der Waals surface area contributed by atoms with Crippen LogP contribution in [0.4, 0.5) is 13.2 Å². The molecule has 1 aromatic carbocycles. The highest BCUT2D eigenvalue weighted by Crippen LogP contribution is 2.31. The lowest BCUT2D eigenvalue weighted by Crippen LogP contribution is -2.25. The molecule has 1 saturated carbocycles. The van der Waals surface area contributed by atoms with E-state index in [1.165, 1.54) is 12.1 Å². The Hall–Kier alpha value is -4.28. The van der Waals surface area contributed by atoms with Gasteiger partial charge in [0.25, 0.3) is 0 Å². The van der Waals surface area contributed by atoms with Crippen molar-refractivity contribution < 1.29 is 27.8 Å². The molecule has 2 N–H and O–H groups in total. The van der Waals surface area contributed by atoms with E-state index in [0.717, 1.165) is 43.4 Å². The molecule has 38 heavy (non-hydrogen) atoms. The van der Waals surface area contributed by atoms with Crippen molar-refractivity contribution in [2.45, 2.75) is 44.4 Å². The van der Waals surface area contributed by atoms with Crippen molar-refractivity contribution in [2.75, 3.05) is 0 Å². The minimum absolute atomic E-state index is 0.0326. The van der Waals surface area contributed by atoms with Crippen LogP contribution in [0.5, 0.6) is 5.88 Å². The highest BCUT2D eigenvalue weighted by molar-refractivity contribution is 5.67. The van der Waals surface area contributed by atoms with E-state index in [2.05, 4.69) is 25.1 Å². The molecular formula is C27H24F3N5O3. The lowest BCUT2D eigenvalue weighted by molar-refractivity contribution is -0.139. The molecule has 3 aromatic heterocycles. The van der Waals surface area contributed by atoms with Gasteiger partial charge >= 0.3 is 12.1 Å². The highest BCUT2D eigenvalue weighted by Gasteiger charge is 2.30. The summed E-state index contributed by atoms with van der Waals surface area (Å²) < 4.78 is 44.4. The Morgan fingerprint density at radius 3 is 2.08 bits per heavy atom. The minimum atomic E-state index is -4.40. The van der Waals surface area contributed by atoms with E-state index in [4.69, 9.17) is 9.84 Å². The number of pyridine rings is 2. The van der Waals surface area contributed by atoms with Crippen molar-refractivity contribution >= 4 is 5.97 Å². The number of nitrogens with one attached hydrogen (secondary N) is 1. The number of aromatic nitrogens is 5. The van der Waals surface area contributed by atoms with Crippen molar-refractivity contribution in [3.8, 4) is 39.9 Å². The predicted molar refractivity (Wildman–Crippen MR) is 132 cm³/mol. The monoisotopic (exact) mass is 523 g/mol. The van der Waals surface area contributed by atoms with Crippen molar-refractivity contribution in [1.82, 2.24) is 25.1 Å². The fourth-order valence-corrected chi connectivity index (χ4v) is 4.52. The summed E-state index contributed by atoms with van der Waals surface area (Å²) in [7, 11) is 0. The number of alkyl halides is 3. The predicted octanol–water partition coefficient (Wildman–Crippen LogP) is 6.03. The molecule has 0 amide bonds. The third-order valence-corrected chi connectivity index (χ3v) is 6.59. The number of rotatable bonds is 7. The van der Waals surface area contributed by atoms with Crippen LogP contribution in [-0.2, 0) is 11.0 Å². The lowest BCUT2D eigenvalue weighted by Gasteiger charge is -2.27. The largest absolute Gasteiger partial charge is 0.481 e. The summed E-state index contributed by atoms with van der Waals surface area (Å²) in [5.74, 6) is 0.776. The molecular weight excluding hydrogens is 499 g/mol. The standard InChI is InChI=1S/C27H24F3N5O3/c28-27(29,30)20-7-3-17(4-8-20)25-33-26(35-34-25)19-5-11-22(31-15-19)18-6-12-23(32-14-18)38-21-9-1-16(2-10-21)13-24(36)37/h3-8,11-12,14-16,21H,1-2,9-10,13H2,(H,36,37)(H,33,34,35)/t16-,21+. The van der Waals surface area contributed by atoms with E-state index in [1.807, 2.05) is 18.2 Å². The number of halogens is 3. The van der Waals surface area contributed by atoms with Gasteiger partial charge in [-0.2, -0.15) is 13.2 Å². The second kappa shape index (κ2) is 10.6. The first kappa shape index (κ1) is 25.4. The first-order valence-electron chi connectivity index (χ1n) is 12.2. The summed E-state index contributed by atoms with van der Waals surface area (Å²) in [5.41, 5.74) is 1.94. The number of aromatic amines is 1. The Balaban J connectivity index is 1.20. The molecule has 1 aliphatic rings. The topological polar surface area (TPSA) is 114 Å². The van der Waals surface area contributed by atoms with Gasteiger partial charge in [0.1, 0.15) is 6.10 Å². The molecule has 0 saturated heterocycles. The van der Waals surface area contributed by atoms with E-state index in [0.29, 0.717) is 34.3 Å². The van der Waals surface area contributed by atoms with E-state index < -0.39 is 17.7 Å². The van der Waals surface area contributed by atoms with E-state index in [-0.39, 0.29) is 18.4 Å². The van der Waals surface area contributed by atoms with Gasteiger partial charge in [0.2, 0.25) is 5.88 Å². The molecule has 1 aliphatic carbocycles. The molecule has 0 spiro atoms. The van der Waals surface area contributed by atoms with E-state index >= 15 is 0 Å². The molecule has 196 valence electrons. The van der Waals surface area contributed by atoms with Crippen LogP contribution in [0, 0.1) is 5.92 Å². The van der Waals surface area contributed by atoms with Crippen LogP contribution >= 0.6 is 0 Å². The zero-order valence-electron chi connectivity index (χ0n) is 20.2. The van der Waals surface area contributed by atoms with Gasteiger partial charge in [0.05, 0.1) is 11.3 Å². The van der Waals surface area contributed by atoms with Crippen LogP contribution in [-0.4, -0.2) is 42.3 Å². The summed E-state index contributed by atoms with van der Waals surface area (Å²) in [6, 6.07) is 12.0. The Morgan fingerprint density at radius 2 is 1.50 bits per heavy atom. The number of ether oxygens (including phenoxy) is 1. The number of carbonyl (C=O) groups is 1.